The van der Waals surface area contributed by atoms with Crippen LogP contribution in [0.25, 0.3) is 0 Å². The highest BCUT2D eigenvalue weighted by Gasteiger charge is 2.18. The number of aryl methyl sites for hydroxylation is 1. The summed E-state index contributed by atoms with van der Waals surface area (Å²) in [5.41, 5.74) is 0. The second-order valence-corrected chi connectivity index (χ2v) is 4.62. The predicted octanol–water partition coefficient (Wildman–Crippen LogP) is 1.16. The maximum Gasteiger partial charge on any atom is 0.220 e. The molecule has 6 heteroatoms. The first-order valence-corrected chi connectivity index (χ1v) is 6.86. The molecule has 0 aromatic carbocycles. The SMILES string of the molecule is CCNc1cc(NC2CCC(=O)NC2)nc(CC)n1. The lowest BCUT2D eigenvalue weighted by Gasteiger charge is -2.24. The highest BCUT2D eigenvalue weighted by atomic mass is 16.1. The van der Waals surface area contributed by atoms with Crippen LogP contribution in [0.5, 0.6) is 0 Å². The third-order valence-corrected chi connectivity index (χ3v) is 3.06. The van der Waals surface area contributed by atoms with Crippen LogP contribution in [0.1, 0.15) is 32.5 Å². The molecule has 1 atom stereocenters. The van der Waals surface area contributed by atoms with E-state index in [1.165, 1.54) is 0 Å². The van der Waals surface area contributed by atoms with E-state index in [0.29, 0.717) is 13.0 Å². The van der Waals surface area contributed by atoms with E-state index in [1.807, 2.05) is 19.9 Å². The molecule has 0 spiro atoms. The zero-order chi connectivity index (χ0) is 13.7. The van der Waals surface area contributed by atoms with Gasteiger partial charge in [-0.25, -0.2) is 9.97 Å². The number of rotatable bonds is 5. The number of aromatic nitrogens is 2. The van der Waals surface area contributed by atoms with Gasteiger partial charge in [0.15, 0.2) is 0 Å². The largest absolute Gasteiger partial charge is 0.370 e. The van der Waals surface area contributed by atoms with Crippen LogP contribution in [-0.2, 0) is 11.2 Å². The number of amides is 1. The number of carbonyl (C=O) groups is 1. The van der Waals surface area contributed by atoms with E-state index in [2.05, 4.69) is 25.9 Å². The fourth-order valence-electron chi connectivity index (χ4n) is 2.07. The molecule has 1 aliphatic rings. The minimum Gasteiger partial charge on any atom is -0.370 e. The highest BCUT2D eigenvalue weighted by Crippen LogP contribution is 2.15. The lowest BCUT2D eigenvalue weighted by Crippen LogP contribution is -2.42. The van der Waals surface area contributed by atoms with Crippen molar-refractivity contribution in [2.24, 2.45) is 0 Å². The number of piperidine rings is 1. The van der Waals surface area contributed by atoms with Gasteiger partial charge in [0.05, 0.1) is 0 Å². The fourth-order valence-corrected chi connectivity index (χ4v) is 2.07. The summed E-state index contributed by atoms with van der Waals surface area (Å²) >= 11 is 0. The monoisotopic (exact) mass is 263 g/mol. The third kappa shape index (κ3) is 3.81. The molecule has 6 nitrogen and oxygen atoms in total. The third-order valence-electron chi connectivity index (χ3n) is 3.06. The number of hydrogen-bond donors (Lipinski definition) is 3. The normalized spacial score (nSPS) is 18.8. The molecule has 1 aromatic heterocycles. The van der Waals surface area contributed by atoms with Gasteiger partial charge in [0, 0.05) is 38.0 Å². The molecule has 1 amide bonds. The molecule has 104 valence electrons. The quantitative estimate of drug-likeness (QED) is 0.743. The molecule has 1 aromatic rings. The van der Waals surface area contributed by atoms with E-state index < -0.39 is 0 Å². The van der Waals surface area contributed by atoms with Crippen molar-refractivity contribution in [1.82, 2.24) is 15.3 Å². The average molecular weight is 263 g/mol. The van der Waals surface area contributed by atoms with Crippen molar-refractivity contribution in [2.75, 3.05) is 23.7 Å². The second-order valence-electron chi connectivity index (χ2n) is 4.62. The van der Waals surface area contributed by atoms with Crippen LogP contribution < -0.4 is 16.0 Å². The molecule has 0 radical (unpaired) electrons. The molecular weight excluding hydrogens is 242 g/mol. The first kappa shape index (κ1) is 13.6. The number of hydrogen-bond acceptors (Lipinski definition) is 5. The molecule has 0 bridgehead atoms. The van der Waals surface area contributed by atoms with Crippen molar-refractivity contribution >= 4 is 17.5 Å². The lowest BCUT2D eigenvalue weighted by molar-refractivity contribution is -0.122. The van der Waals surface area contributed by atoms with Crippen molar-refractivity contribution in [3.63, 3.8) is 0 Å². The zero-order valence-electron chi connectivity index (χ0n) is 11.5. The van der Waals surface area contributed by atoms with E-state index >= 15 is 0 Å². The van der Waals surface area contributed by atoms with Gasteiger partial charge in [0.1, 0.15) is 17.5 Å². The number of nitrogens with zero attached hydrogens (tertiary/aromatic N) is 2. The van der Waals surface area contributed by atoms with Crippen molar-refractivity contribution in [3.8, 4) is 0 Å². The van der Waals surface area contributed by atoms with Crippen LogP contribution >= 0.6 is 0 Å². The van der Waals surface area contributed by atoms with Gasteiger partial charge in [-0.05, 0) is 13.3 Å². The standard InChI is InChI=1S/C13H21N5O/c1-3-10-17-11(14-4-2)7-12(18-10)16-9-5-6-13(19)15-8-9/h7,9H,3-6,8H2,1-2H3,(H,15,19)(H2,14,16,17,18). The van der Waals surface area contributed by atoms with E-state index in [9.17, 15) is 4.79 Å². The average Bonchev–Trinajstić information content (AvgIpc) is 2.41. The Labute approximate surface area is 113 Å². The summed E-state index contributed by atoms with van der Waals surface area (Å²) in [7, 11) is 0. The molecule has 1 aliphatic heterocycles. The topological polar surface area (TPSA) is 78.9 Å². The Balaban J connectivity index is 2.06. The molecular formula is C13H21N5O. The first-order valence-electron chi connectivity index (χ1n) is 6.86. The van der Waals surface area contributed by atoms with Gasteiger partial charge in [-0.2, -0.15) is 0 Å². The van der Waals surface area contributed by atoms with Crippen molar-refractivity contribution in [3.05, 3.63) is 11.9 Å². The summed E-state index contributed by atoms with van der Waals surface area (Å²) in [4.78, 5) is 20.0. The van der Waals surface area contributed by atoms with E-state index in [4.69, 9.17) is 0 Å². The second kappa shape index (κ2) is 6.36. The number of nitrogens with one attached hydrogen (secondary N) is 3. The van der Waals surface area contributed by atoms with Crippen LogP contribution in [-0.4, -0.2) is 35.0 Å². The van der Waals surface area contributed by atoms with Gasteiger partial charge < -0.3 is 16.0 Å². The van der Waals surface area contributed by atoms with Crippen LogP contribution in [0.4, 0.5) is 11.6 Å². The predicted molar refractivity (Wildman–Crippen MR) is 75.2 cm³/mol. The van der Waals surface area contributed by atoms with Crippen LogP contribution in [0.3, 0.4) is 0 Å². The Bertz CT molecular complexity index is 439. The summed E-state index contributed by atoms with van der Waals surface area (Å²) in [5.74, 6) is 2.62. The molecule has 3 N–H and O–H groups in total. The summed E-state index contributed by atoms with van der Waals surface area (Å²) in [6, 6.07) is 2.16. The summed E-state index contributed by atoms with van der Waals surface area (Å²) in [5, 5.41) is 9.44. The van der Waals surface area contributed by atoms with Gasteiger partial charge in [-0.3, -0.25) is 4.79 Å². The van der Waals surface area contributed by atoms with Crippen LogP contribution in [0, 0.1) is 0 Å². The Kier molecular flexibility index (Phi) is 4.54. The first-order chi connectivity index (χ1) is 9.21. The number of carbonyl (C=O) groups excluding carboxylic acids is 1. The van der Waals surface area contributed by atoms with Crippen molar-refractivity contribution in [2.45, 2.75) is 39.2 Å². The van der Waals surface area contributed by atoms with E-state index in [0.717, 1.165) is 36.8 Å². The van der Waals surface area contributed by atoms with Crippen molar-refractivity contribution < 1.29 is 4.79 Å². The molecule has 1 fully saturated rings. The zero-order valence-corrected chi connectivity index (χ0v) is 11.5. The Morgan fingerprint density at radius 2 is 2.16 bits per heavy atom. The highest BCUT2D eigenvalue weighted by molar-refractivity contribution is 5.77. The van der Waals surface area contributed by atoms with E-state index in [-0.39, 0.29) is 11.9 Å². The Morgan fingerprint density at radius 3 is 2.79 bits per heavy atom. The Morgan fingerprint density at radius 1 is 1.37 bits per heavy atom. The van der Waals surface area contributed by atoms with Gasteiger partial charge in [0.2, 0.25) is 5.91 Å². The number of anilines is 2. The lowest BCUT2D eigenvalue weighted by atomic mass is 10.1. The van der Waals surface area contributed by atoms with Gasteiger partial charge in [0.25, 0.3) is 0 Å². The van der Waals surface area contributed by atoms with Crippen molar-refractivity contribution in [1.29, 1.82) is 0 Å². The summed E-state index contributed by atoms with van der Waals surface area (Å²) in [6.45, 7) is 5.56. The maximum atomic E-state index is 11.1. The molecule has 1 unspecified atom stereocenters. The molecule has 19 heavy (non-hydrogen) atoms. The minimum atomic E-state index is 0.128. The summed E-state index contributed by atoms with van der Waals surface area (Å²) in [6.07, 6.45) is 2.21. The van der Waals surface area contributed by atoms with E-state index in [1.54, 1.807) is 0 Å². The molecule has 0 aliphatic carbocycles. The molecule has 2 heterocycles. The van der Waals surface area contributed by atoms with Gasteiger partial charge in [-0.1, -0.05) is 6.92 Å². The minimum absolute atomic E-state index is 0.128. The smallest absolute Gasteiger partial charge is 0.220 e. The molecule has 1 saturated heterocycles. The Hall–Kier alpha value is -1.85. The van der Waals surface area contributed by atoms with Gasteiger partial charge in [-0.15, -0.1) is 0 Å². The molecule has 2 rings (SSSR count). The molecule has 0 saturated carbocycles. The van der Waals surface area contributed by atoms with Crippen LogP contribution in [0.15, 0.2) is 6.07 Å². The van der Waals surface area contributed by atoms with Gasteiger partial charge >= 0.3 is 0 Å². The maximum absolute atomic E-state index is 11.1. The fraction of sp³-hybridized carbons (Fsp3) is 0.615. The summed E-state index contributed by atoms with van der Waals surface area (Å²) < 4.78 is 0. The van der Waals surface area contributed by atoms with Crippen LogP contribution in [0.2, 0.25) is 0 Å².